The van der Waals surface area contributed by atoms with Crippen LogP contribution in [0.1, 0.15) is 32.0 Å². The molecule has 0 saturated carbocycles. The van der Waals surface area contributed by atoms with Crippen molar-refractivity contribution in [2.45, 2.75) is 38.7 Å². The van der Waals surface area contributed by atoms with E-state index in [1.165, 1.54) is 0 Å². The molecular formula is C16H22ClN3O3. The number of nitrogens with zero attached hydrogens (tertiary/aromatic N) is 2. The minimum Gasteiger partial charge on any atom is -0.481 e. The van der Waals surface area contributed by atoms with Crippen LogP contribution in [0.3, 0.4) is 0 Å². The second kappa shape index (κ2) is 8.17. The maximum Gasteiger partial charge on any atom is 0.303 e. The molecule has 0 bridgehead atoms. The first-order valence-corrected chi connectivity index (χ1v) is 8.19. The minimum absolute atomic E-state index is 0.0264. The number of aryl methyl sites for hydroxylation is 2. The molecule has 1 unspecified atom stereocenters. The maximum absolute atomic E-state index is 10.6. The summed E-state index contributed by atoms with van der Waals surface area (Å²) < 4.78 is 2.00. The van der Waals surface area contributed by atoms with Gasteiger partial charge in [0.25, 0.3) is 0 Å². The summed E-state index contributed by atoms with van der Waals surface area (Å²) >= 11 is 5.68. The highest BCUT2D eigenvalue weighted by molar-refractivity contribution is 6.17. The van der Waals surface area contributed by atoms with E-state index in [1.54, 1.807) is 0 Å². The highest BCUT2D eigenvalue weighted by Gasteiger charge is 2.10. The Morgan fingerprint density at radius 2 is 2.30 bits per heavy atom. The average Bonchev–Trinajstić information content (AvgIpc) is 2.81. The van der Waals surface area contributed by atoms with Gasteiger partial charge in [-0.25, -0.2) is 4.98 Å². The van der Waals surface area contributed by atoms with E-state index < -0.39 is 5.97 Å². The Bertz CT molecular complexity index is 672. The Hall–Kier alpha value is -1.79. The normalized spacial score (nSPS) is 12.5. The molecule has 23 heavy (non-hydrogen) atoms. The third kappa shape index (κ3) is 4.84. The number of hydrogen-bond acceptors (Lipinski definition) is 4. The van der Waals surface area contributed by atoms with Crippen LogP contribution in [-0.4, -0.2) is 32.6 Å². The summed E-state index contributed by atoms with van der Waals surface area (Å²) in [7, 11) is 1.94. The Balaban J connectivity index is 2.06. The van der Waals surface area contributed by atoms with E-state index in [0.717, 1.165) is 29.0 Å². The van der Waals surface area contributed by atoms with Crippen LogP contribution in [0.2, 0.25) is 0 Å². The van der Waals surface area contributed by atoms with Crippen LogP contribution in [-0.2, 0) is 23.1 Å². The summed E-state index contributed by atoms with van der Waals surface area (Å²) in [4.78, 5) is 20.7. The number of aliphatic carboxylic acids is 1. The Morgan fingerprint density at radius 1 is 1.52 bits per heavy atom. The molecule has 0 spiro atoms. The highest BCUT2D eigenvalue weighted by atomic mass is 35.5. The fourth-order valence-electron chi connectivity index (χ4n) is 2.32. The van der Waals surface area contributed by atoms with Crippen molar-refractivity contribution in [2.24, 2.45) is 7.05 Å². The molecule has 2 rings (SSSR count). The summed E-state index contributed by atoms with van der Waals surface area (Å²) in [5.74, 6) is 0.662. The first-order valence-electron chi connectivity index (χ1n) is 7.66. The quantitative estimate of drug-likeness (QED) is 0.541. The molecule has 1 aromatic carbocycles. The molecule has 1 aromatic heterocycles. The third-order valence-corrected chi connectivity index (χ3v) is 3.88. The van der Waals surface area contributed by atoms with E-state index in [2.05, 4.69) is 10.5 Å². The van der Waals surface area contributed by atoms with Crippen LogP contribution in [0.15, 0.2) is 18.2 Å². The van der Waals surface area contributed by atoms with Crippen molar-refractivity contribution in [1.29, 1.82) is 0 Å². The number of carboxylic acid groups (broad SMARTS) is 1. The smallest absolute Gasteiger partial charge is 0.303 e. The summed E-state index contributed by atoms with van der Waals surface area (Å²) in [6.07, 6.45) is 2.18. The molecule has 0 aliphatic rings. The van der Waals surface area contributed by atoms with Gasteiger partial charge in [-0.2, -0.15) is 0 Å². The number of carbonyl (C=O) groups is 1. The van der Waals surface area contributed by atoms with Gasteiger partial charge in [0.05, 0.1) is 22.8 Å². The molecule has 0 saturated heterocycles. The summed E-state index contributed by atoms with van der Waals surface area (Å²) in [5.41, 5.74) is 5.62. The SMILES string of the molecule is CC(CCCl)ONc1ccc2c(c1)nc(CCCC(=O)O)n2C. The molecule has 7 heteroatoms. The van der Waals surface area contributed by atoms with Crippen LogP contribution in [0.4, 0.5) is 5.69 Å². The van der Waals surface area contributed by atoms with Crippen molar-refractivity contribution in [3.63, 3.8) is 0 Å². The van der Waals surface area contributed by atoms with Crippen molar-refractivity contribution < 1.29 is 14.7 Å². The van der Waals surface area contributed by atoms with Gasteiger partial charge >= 0.3 is 5.97 Å². The number of anilines is 1. The molecule has 0 aliphatic heterocycles. The molecule has 2 N–H and O–H groups in total. The van der Waals surface area contributed by atoms with Crippen LogP contribution in [0, 0.1) is 0 Å². The number of nitrogens with one attached hydrogen (secondary N) is 1. The lowest BCUT2D eigenvalue weighted by Gasteiger charge is -2.12. The molecule has 1 heterocycles. The van der Waals surface area contributed by atoms with Crippen LogP contribution in [0.5, 0.6) is 0 Å². The topological polar surface area (TPSA) is 76.4 Å². The largest absolute Gasteiger partial charge is 0.481 e. The van der Waals surface area contributed by atoms with Crippen molar-refractivity contribution >= 4 is 34.3 Å². The number of aromatic nitrogens is 2. The first-order chi connectivity index (χ1) is 11.0. The van der Waals surface area contributed by atoms with Crippen molar-refractivity contribution in [3.05, 3.63) is 24.0 Å². The number of rotatable bonds is 9. The maximum atomic E-state index is 10.6. The van der Waals surface area contributed by atoms with E-state index in [9.17, 15) is 4.79 Å². The lowest BCUT2D eigenvalue weighted by molar-refractivity contribution is -0.137. The van der Waals surface area contributed by atoms with Gasteiger partial charge < -0.3 is 9.67 Å². The molecule has 0 amide bonds. The predicted molar refractivity (Wildman–Crippen MR) is 90.8 cm³/mol. The number of carboxylic acids is 1. The van der Waals surface area contributed by atoms with E-state index >= 15 is 0 Å². The Kier molecular flexibility index (Phi) is 6.24. The van der Waals surface area contributed by atoms with Gasteiger partial charge in [-0.15, -0.1) is 11.6 Å². The van der Waals surface area contributed by atoms with E-state index in [4.69, 9.17) is 21.5 Å². The molecule has 0 fully saturated rings. The van der Waals surface area contributed by atoms with Gasteiger partial charge in [-0.05, 0) is 38.0 Å². The second-order valence-corrected chi connectivity index (χ2v) is 5.92. The van der Waals surface area contributed by atoms with Gasteiger partial charge in [0, 0.05) is 25.8 Å². The summed E-state index contributed by atoms with van der Waals surface area (Å²) in [5, 5.41) is 8.72. The zero-order valence-corrected chi connectivity index (χ0v) is 14.1. The lowest BCUT2D eigenvalue weighted by Crippen LogP contribution is -2.13. The molecular weight excluding hydrogens is 318 g/mol. The summed E-state index contributed by atoms with van der Waals surface area (Å²) in [6, 6.07) is 5.82. The molecule has 126 valence electrons. The van der Waals surface area contributed by atoms with Gasteiger partial charge in [-0.3, -0.25) is 15.1 Å². The molecule has 1 atom stereocenters. The van der Waals surface area contributed by atoms with Crippen LogP contribution >= 0.6 is 11.6 Å². The lowest BCUT2D eigenvalue weighted by atomic mass is 10.2. The highest BCUT2D eigenvalue weighted by Crippen LogP contribution is 2.21. The van der Waals surface area contributed by atoms with Crippen LogP contribution in [0.25, 0.3) is 11.0 Å². The Morgan fingerprint density at radius 3 is 3.00 bits per heavy atom. The first kappa shape index (κ1) is 17.6. The molecule has 0 radical (unpaired) electrons. The zero-order valence-electron chi connectivity index (χ0n) is 13.4. The molecule has 0 aliphatic carbocycles. The number of hydrogen-bond donors (Lipinski definition) is 2. The van der Waals surface area contributed by atoms with Crippen molar-refractivity contribution in [3.8, 4) is 0 Å². The fourth-order valence-corrected chi connectivity index (χ4v) is 2.62. The van der Waals surface area contributed by atoms with Gasteiger partial charge in [0.15, 0.2) is 0 Å². The number of benzene rings is 1. The zero-order chi connectivity index (χ0) is 16.8. The molecule has 6 nitrogen and oxygen atoms in total. The van der Waals surface area contributed by atoms with Crippen molar-refractivity contribution in [1.82, 2.24) is 9.55 Å². The number of imidazole rings is 1. The van der Waals surface area contributed by atoms with E-state index in [-0.39, 0.29) is 12.5 Å². The van der Waals surface area contributed by atoms with Crippen molar-refractivity contribution in [2.75, 3.05) is 11.4 Å². The van der Waals surface area contributed by atoms with Gasteiger partial charge in [0.2, 0.25) is 0 Å². The number of alkyl halides is 1. The Labute approximate surface area is 140 Å². The monoisotopic (exact) mass is 339 g/mol. The summed E-state index contributed by atoms with van der Waals surface area (Å²) in [6.45, 7) is 1.95. The predicted octanol–water partition coefficient (Wildman–Crippen LogP) is 3.34. The molecule has 2 aromatic rings. The van der Waals surface area contributed by atoms with Crippen LogP contribution < -0.4 is 5.48 Å². The average molecular weight is 340 g/mol. The third-order valence-electron chi connectivity index (χ3n) is 3.66. The van der Waals surface area contributed by atoms with E-state index in [0.29, 0.717) is 18.7 Å². The second-order valence-electron chi connectivity index (χ2n) is 5.55. The number of fused-ring (bicyclic) bond motifs is 1. The fraction of sp³-hybridized carbons (Fsp3) is 0.500. The number of halogens is 1. The van der Waals surface area contributed by atoms with Gasteiger partial charge in [0.1, 0.15) is 5.82 Å². The standard InChI is InChI=1S/C16H22ClN3O3/c1-11(8-9-17)23-19-12-6-7-14-13(10-12)18-15(20(14)2)4-3-5-16(21)22/h6-7,10-11,19H,3-5,8-9H2,1-2H3,(H,21,22). The minimum atomic E-state index is -0.779. The van der Waals surface area contributed by atoms with E-state index in [1.807, 2.05) is 36.7 Å². The van der Waals surface area contributed by atoms with Gasteiger partial charge in [-0.1, -0.05) is 0 Å².